The van der Waals surface area contributed by atoms with Gasteiger partial charge in [-0.2, -0.15) is 9.98 Å². The van der Waals surface area contributed by atoms with E-state index in [1.54, 1.807) is 45.0 Å². The van der Waals surface area contributed by atoms with Crippen molar-refractivity contribution in [3.05, 3.63) is 29.8 Å². The minimum Gasteiger partial charge on any atom is -0.465 e. The van der Waals surface area contributed by atoms with Crippen LogP contribution in [0.1, 0.15) is 31.1 Å². The van der Waals surface area contributed by atoms with Gasteiger partial charge in [-0.3, -0.25) is 9.59 Å². The molecule has 1 heterocycles. The van der Waals surface area contributed by atoms with E-state index in [0.29, 0.717) is 11.3 Å². The van der Waals surface area contributed by atoms with E-state index in [1.807, 2.05) is 0 Å². The average molecular weight is 419 g/mol. The molecule has 0 aliphatic carbocycles. The van der Waals surface area contributed by atoms with Crippen LogP contribution in [0.25, 0.3) is 0 Å². The van der Waals surface area contributed by atoms with Crippen LogP contribution in [0.3, 0.4) is 0 Å². The van der Waals surface area contributed by atoms with E-state index in [9.17, 15) is 19.2 Å². The minimum atomic E-state index is -0.894. The maximum absolute atomic E-state index is 12.2. The van der Waals surface area contributed by atoms with Gasteiger partial charge in [0.25, 0.3) is 0 Å². The Labute approximate surface area is 172 Å². The Balaban J connectivity index is 1.97. The highest BCUT2D eigenvalue weighted by Gasteiger charge is 2.33. The lowest BCUT2D eigenvalue weighted by molar-refractivity contribution is -0.143. The molecule has 2 rings (SSSR count). The van der Waals surface area contributed by atoms with Crippen molar-refractivity contribution in [2.75, 3.05) is 24.3 Å². The van der Waals surface area contributed by atoms with Crippen LogP contribution < -0.4 is 5.32 Å². The molecule has 154 valence electrons. The first kappa shape index (κ1) is 22.3. The Morgan fingerprint density at radius 2 is 1.72 bits per heavy atom. The first-order chi connectivity index (χ1) is 13.8. The lowest BCUT2D eigenvalue weighted by atomic mass is 10.1. The van der Waals surface area contributed by atoms with E-state index in [-0.39, 0.29) is 35.6 Å². The molecule has 9 nitrogen and oxygen atoms in total. The Kier molecular flexibility index (Phi) is 8.08. The van der Waals surface area contributed by atoms with E-state index in [4.69, 9.17) is 9.47 Å². The second-order valence-corrected chi connectivity index (χ2v) is 6.80. The quantitative estimate of drug-likeness (QED) is 0.674. The summed E-state index contributed by atoms with van der Waals surface area (Å²) in [5.41, 5.74) is 1.15. The molecule has 0 saturated carbocycles. The maximum Gasteiger partial charge on any atom is 0.367 e. The van der Waals surface area contributed by atoms with Crippen LogP contribution in [0, 0.1) is 5.92 Å². The van der Waals surface area contributed by atoms with Crippen LogP contribution in [0.2, 0.25) is 0 Å². The number of ether oxygens (including phenoxy) is 2. The van der Waals surface area contributed by atoms with Gasteiger partial charge in [0, 0.05) is 11.4 Å². The van der Waals surface area contributed by atoms with Crippen LogP contribution in [0.4, 0.5) is 10.5 Å². The summed E-state index contributed by atoms with van der Waals surface area (Å²) in [5, 5.41) is 2.85. The van der Waals surface area contributed by atoms with Gasteiger partial charge in [-0.25, -0.2) is 9.59 Å². The third-order valence-electron chi connectivity index (χ3n) is 3.70. The zero-order valence-electron chi connectivity index (χ0n) is 16.3. The lowest BCUT2D eigenvalue weighted by Gasteiger charge is -2.19. The first-order valence-corrected chi connectivity index (χ1v) is 9.88. The number of esters is 2. The fourth-order valence-corrected chi connectivity index (χ4v) is 3.36. The molecule has 3 amide bonds. The van der Waals surface area contributed by atoms with Gasteiger partial charge in [-0.1, -0.05) is 11.8 Å². The van der Waals surface area contributed by atoms with E-state index >= 15 is 0 Å². The summed E-state index contributed by atoms with van der Waals surface area (Å²) in [4.78, 5) is 55.1. The number of anilines is 1. The number of thioether (sulfide) groups is 1. The summed E-state index contributed by atoms with van der Waals surface area (Å²) in [7, 11) is 0. The second kappa shape index (κ2) is 10.5. The lowest BCUT2D eigenvalue weighted by Crippen LogP contribution is -2.34. The molecule has 0 spiro atoms. The predicted molar refractivity (Wildman–Crippen MR) is 110 cm³/mol. The molecule has 0 bridgehead atoms. The normalized spacial score (nSPS) is 15.8. The summed E-state index contributed by atoms with van der Waals surface area (Å²) in [5.74, 6) is -2.34. The number of urea groups is 1. The van der Waals surface area contributed by atoms with E-state index in [1.165, 1.54) is 0 Å². The number of hydrogen-bond acceptors (Lipinski definition) is 7. The maximum atomic E-state index is 12.2. The van der Waals surface area contributed by atoms with Crippen LogP contribution in [-0.4, -0.2) is 53.6 Å². The SMILES string of the molecule is CCOC(=O)c1ccc(NC(=O)CSC2=NC(=O)N=C(C)C2C(=O)OCC)cc1. The van der Waals surface area contributed by atoms with Gasteiger partial charge in [0.05, 0.1) is 29.6 Å². The highest BCUT2D eigenvalue weighted by molar-refractivity contribution is 8.14. The van der Waals surface area contributed by atoms with Crippen molar-refractivity contribution in [1.82, 2.24) is 0 Å². The zero-order valence-corrected chi connectivity index (χ0v) is 17.1. The third kappa shape index (κ3) is 6.24. The van der Waals surface area contributed by atoms with E-state index in [2.05, 4.69) is 15.3 Å². The Hall–Kier alpha value is -3.01. The number of hydrogen-bond donors (Lipinski definition) is 1. The highest BCUT2D eigenvalue weighted by Crippen LogP contribution is 2.22. The molecule has 10 heteroatoms. The van der Waals surface area contributed by atoms with Crippen molar-refractivity contribution < 1.29 is 28.7 Å². The molecule has 1 aromatic carbocycles. The second-order valence-electron chi connectivity index (χ2n) is 5.81. The van der Waals surface area contributed by atoms with Crippen LogP contribution in [-0.2, 0) is 19.1 Å². The number of carbonyl (C=O) groups is 4. The molecule has 0 aromatic heterocycles. The van der Waals surface area contributed by atoms with Crippen LogP contribution in [0.5, 0.6) is 0 Å². The van der Waals surface area contributed by atoms with E-state index in [0.717, 1.165) is 11.8 Å². The van der Waals surface area contributed by atoms with Crippen molar-refractivity contribution >= 4 is 52.1 Å². The van der Waals surface area contributed by atoms with Gasteiger partial charge < -0.3 is 14.8 Å². The van der Waals surface area contributed by atoms with Crippen molar-refractivity contribution in [3.63, 3.8) is 0 Å². The van der Waals surface area contributed by atoms with Gasteiger partial charge in [0.1, 0.15) is 5.92 Å². The smallest absolute Gasteiger partial charge is 0.367 e. The molecular formula is C19H21N3O6S. The minimum absolute atomic E-state index is 0.0745. The molecule has 1 aliphatic rings. The van der Waals surface area contributed by atoms with Crippen molar-refractivity contribution in [2.45, 2.75) is 20.8 Å². The molecule has 29 heavy (non-hydrogen) atoms. The molecule has 1 aliphatic heterocycles. The molecule has 1 N–H and O–H groups in total. The van der Waals surface area contributed by atoms with E-state index < -0.39 is 23.9 Å². The van der Waals surface area contributed by atoms with Crippen LogP contribution >= 0.6 is 11.8 Å². The van der Waals surface area contributed by atoms with Gasteiger partial charge in [0.15, 0.2) is 0 Å². The van der Waals surface area contributed by atoms with Crippen molar-refractivity contribution in [2.24, 2.45) is 15.9 Å². The number of benzene rings is 1. The van der Waals surface area contributed by atoms with Gasteiger partial charge >= 0.3 is 18.0 Å². The third-order valence-corrected chi connectivity index (χ3v) is 4.73. The highest BCUT2D eigenvalue weighted by atomic mass is 32.2. The summed E-state index contributed by atoms with van der Waals surface area (Å²) < 4.78 is 9.90. The standard InChI is InChI=1S/C19H21N3O6S/c1-4-27-17(24)12-6-8-13(9-7-12)21-14(23)10-29-16-15(18(25)28-5-2)11(3)20-19(26)22-16/h6-9,15H,4-5,10H2,1-3H3,(H,21,23). The molecule has 0 fully saturated rings. The van der Waals surface area contributed by atoms with Gasteiger partial charge in [0.2, 0.25) is 5.91 Å². The Bertz CT molecular complexity index is 863. The summed E-state index contributed by atoms with van der Waals surface area (Å²) in [6.45, 7) is 5.38. The molecule has 0 radical (unpaired) electrons. The number of amides is 3. The summed E-state index contributed by atoms with van der Waals surface area (Å²) in [6.07, 6.45) is 0. The summed E-state index contributed by atoms with van der Waals surface area (Å²) >= 11 is 0.970. The molecule has 1 aromatic rings. The molecular weight excluding hydrogens is 398 g/mol. The fourth-order valence-electron chi connectivity index (χ4n) is 2.43. The molecule has 1 unspecified atom stereocenters. The summed E-state index contributed by atoms with van der Waals surface area (Å²) in [6, 6.07) is 5.52. The largest absolute Gasteiger partial charge is 0.465 e. The number of nitrogens with one attached hydrogen (secondary N) is 1. The van der Waals surface area contributed by atoms with Crippen molar-refractivity contribution in [1.29, 1.82) is 0 Å². The van der Waals surface area contributed by atoms with Gasteiger partial charge in [-0.15, -0.1) is 0 Å². The monoisotopic (exact) mass is 419 g/mol. The number of nitrogens with zero attached hydrogens (tertiary/aromatic N) is 2. The Morgan fingerprint density at radius 1 is 1.07 bits per heavy atom. The average Bonchev–Trinajstić information content (AvgIpc) is 2.66. The van der Waals surface area contributed by atoms with Crippen LogP contribution in [0.15, 0.2) is 34.3 Å². The predicted octanol–water partition coefficient (Wildman–Crippen LogP) is 2.71. The Morgan fingerprint density at radius 3 is 2.34 bits per heavy atom. The topological polar surface area (TPSA) is 123 Å². The zero-order chi connectivity index (χ0) is 21.4. The fraction of sp³-hybridized carbons (Fsp3) is 0.368. The molecule has 1 atom stereocenters. The number of rotatable bonds is 7. The van der Waals surface area contributed by atoms with Gasteiger partial charge in [-0.05, 0) is 45.0 Å². The molecule has 0 saturated heterocycles. The number of aliphatic imine (C=N–C) groups is 2. The van der Waals surface area contributed by atoms with Crippen molar-refractivity contribution in [3.8, 4) is 0 Å². The first-order valence-electron chi connectivity index (χ1n) is 8.89. The number of carbonyl (C=O) groups excluding carboxylic acids is 4.